The first-order valence-corrected chi connectivity index (χ1v) is 10.7. The van der Waals surface area contributed by atoms with E-state index in [9.17, 15) is 4.79 Å². The second-order valence-electron chi connectivity index (χ2n) is 7.38. The van der Waals surface area contributed by atoms with E-state index < -0.39 is 0 Å². The van der Waals surface area contributed by atoms with Gasteiger partial charge in [0.05, 0.1) is 21.3 Å². The van der Waals surface area contributed by atoms with Gasteiger partial charge in [0.2, 0.25) is 17.6 Å². The van der Waals surface area contributed by atoms with Crippen molar-refractivity contribution in [2.24, 2.45) is 0 Å². The summed E-state index contributed by atoms with van der Waals surface area (Å²) in [6.07, 6.45) is 9.36. The summed E-state index contributed by atoms with van der Waals surface area (Å²) < 4.78 is 16.1. The minimum absolute atomic E-state index is 0.0905. The number of nitrogen functional groups attached to an aromatic ring is 1. The van der Waals surface area contributed by atoms with Crippen LogP contribution in [0.3, 0.4) is 0 Å². The molecule has 0 saturated carbocycles. The Bertz CT molecular complexity index is 832. The maximum atomic E-state index is 12.1. The van der Waals surface area contributed by atoms with E-state index in [1.165, 1.54) is 25.7 Å². The van der Waals surface area contributed by atoms with Crippen LogP contribution in [0.15, 0.2) is 18.3 Å². The Morgan fingerprint density at radius 2 is 1.65 bits per heavy atom. The summed E-state index contributed by atoms with van der Waals surface area (Å²) in [5, 5.41) is 2.73. The number of amides is 1. The number of nitrogens with one attached hydrogen (secondary N) is 1. The molecule has 0 aliphatic carbocycles. The molecule has 8 heteroatoms. The second-order valence-corrected chi connectivity index (χ2v) is 7.38. The zero-order valence-electron chi connectivity index (χ0n) is 19.0. The van der Waals surface area contributed by atoms with Crippen LogP contribution in [0.25, 0.3) is 0 Å². The smallest absolute Gasteiger partial charge is 0.231 e. The first kappa shape index (κ1) is 24.2. The Labute approximate surface area is 184 Å². The fraction of sp³-hybridized carbons (Fsp3) is 0.522. The molecule has 170 valence electrons. The number of hydrogen-bond acceptors (Lipinski definition) is 7. The number of unbranched alkanes of at least 4 members (excludes halogenated alkanes) is 5. The molecule has 0 unspecified atom stereocenters. The lowest BCUT2D eigenvalue weighted by Crippen LogP contribution is -2.15. The highest BCUT2D eigenvalue weighted by Gasteiger charge is 2.15. The zero-order chi connectivity index (χ0) is 22.6. The SMILES string of the molecule is CCCCCCCCC(=O)Nc1ncc(Cc2cc(OC)c(OC)c(OC)c2)c(N)n1. The second kappa shape index (κ2) is 12.6. The van der Waals surface area contributed by atoms with Gasteiger partial charge >= 0.3 is 0 Å². The summed E-state index contributed by atoms with van der Waals surface area (Å²) in [5.41, 5.74) is 7.77. The van der Waals surface area contributed by atoms with E-state index in [0.717, 1.165) is 24.0 Å². The third kappa shape index (κ3) is 7.31. The van der Waals surface area contributed by atoms with Gasteiger partial charge in [-0.05, 0) is 24.1 Å². The first-order valence-electron chi connectivity index (χ1n) is 10.7. The number of nitrogens with two attached hydrogens (primary N) is 1. The topological polar surface area (TPSA) is 109 Å². The van der Waals surface area contributed by atoms with E-state index in [-0.39, 0.29) is 11.9 Å². The molecule has 1 aromatic carbocycles. The van der Waals surface area contributed by atoms with Crippen LogP contribution < -0.4 is 25.3 Å². The summed E-state index contributed by atoms with van der Waals surface area (Å²) in [5.74, 6) is 2.11. The number of carbonyl (C=O) groups excluding carboxylic acids is 1. The number of ether oxygens (including phenoxy) is 3. The third-order valence-corrected chi connectivity index (χ3v) is 5.03. The molecule has 0 saturated heterocycles. The predicted octanol–water partition coefficient (Wildman–Crippen LogP) is 4.36. The van der Waals surface area contributed by atoms with Crippen molar-refractivity contribution in [2.75, 3.05) is 32.4 Å². The van der Waals surface area contributed by atoms with Gasteiger partial charge in [0.25, 0.3) is 0 Å². The van der Waals surface area contributed by atoms with Gasteiger partial charge in [-0.3, -0.25) is 10.1 Å². The molecule has 0 radical (unpaired) electrons. The Balaban J connectivity index is 1.98. The maximum absolute atomic E-state index is 12.1. The Hall–Kier alpha value is -3.03. The molecule has 0 aliphatic rings. The number of aromatic nitrogens is 2. The van der Waals surface area contributed by atoms with Crippen LogP contribution >= 0.6 is 0 Å². The third-order valence-electron chi connectivity index (χ3n) is 5.03. The standard InChI is InChI=1S/C23H34N4O4/c1-5-6-7-8-9-10-11-20(28)26-23-25-15-17(22(24)27-23)12-16-13-18(29-2)21(31-4)19(14-16)30-3/h13-15H,5-12H2,1-4H3,(H3,24,25,26,27,28). The molecule has 1 amide bonds. The summed E-state index contributed by atoms with van der Waals surface area (Å²) >= 11 is 0. The van der Waals surface area contributed by atoms with Crippen molar-refractivity contribution in [1.29, 1.82) is 0 Å². The average molecular weight is 431 g/mol. The molecule has 0 atom stereocenters. The minimum Gasteiger partial charge on any atom is -0.493 e. The molecule has 0 bridgehead atoms. The predicted molar refractivity (Wildman–Crippen MR) is 122 cm³/mol. The lowest BCUT2D eigenvalue weighted by Gasteiger charge is -2.14. The van der Waals surface area contributed by atoms with Crippen LogP contribution in [0.4, 0.5) is 11.8 Å². The summed E-state index contributed by atoms with van der Waals surface area (Å²) in [4.78, 5) is 20.6. The normalized spacial score (nSPS) is 10.6. The van der Waals surface area contributed by atoms with Crippen molar-refractivity contribution in [3.8, 4) is 17.2 Å². The van der Waals surface area contributed by atoms with E-state index in [1.807, 2.05) is 12.1 Å². The monoisotopic (exact) mass is 430 g/mol. The average Bonchev–Trinajstić information content (AvgIpc) is 2.77. The molecule has 0 fully saturated rings. The highest BCUT2D eigenvalue weighted by molar-refractivity contribution is 5.89. The first-order chi connectivity index (χ1) is 15.0. The molecule has 2 aromatic rings. The number of hydrogen-bond donors (Lipinski definition) is 2. The molecular formula is C23H34N4O4. The van der Waals surface area contributed by atoms with Gasteiger partial charge in [0, 0.05) is 24.6 Å². The van der Waals surface area contributed by atoms with Gasteiger partial charge in [-0.1, -0.05) is 39.0 Å². The maximum Gasteiger partial charge on any atom is 0.231 e. The summed E-state index contributed by atoms with van der Waals surface area (Å²) in [7, 11) is 4.70. The highest BCUT2D eigenvalue weighted by Crippen LogP contribution is 2.38. The molecule has 2 rings (SSSR count). The van der Waals surface area contributed by atoms with E-state index in [1.54, 1.807) is 27.5 Å². The zero-order valence-corrected chi connectivity index (χ0v) is 19.0. The van der Waals surface area contributed by atoms with Crippen molar-refractivity contribution in [3.63, 3.8) is 0 Å². The summed E-state index contributed by atoms with van der Waals surface area (Å²) in [6, 6.07) is 3.72. The van der Waals surface area contributed by atoms with Crippen LogP contribution in [-0.2, 0) is 11.2 Å². The van der Waals surface area contributed by atoms with E-state index >= 15 is 0 Å². The van der Waals surface area contributed by atoms with Gasteiger partial charge in [0.15, 0.2) is 11.5 Å². The van der Waals surface area contributed by atoms with Crippen molar-refractivity contribution >= 4 is 17.7 Å². The number of methoxy groups -OCH3 is 3. The summed E-state index contributed by atoms with van der Waals surface area (Å²) in [6.45, 7) is 2.19. The van der Waals surface area contributed by atoms with E-state index in [2.05, 4.69) is 22.2 Å². The number of nitrogens with zero attached hydrogens (tertiary/aromatic N) is 2. The molecule has 8 nitrogen and oxygen atoms in total. The van der Waals surface area contributed by atoms with Crippen molar-refractivity contribution in [3.05, 3.63) is 29.5 Å². The molecular weight excluding hydrogens is 396 g/mol. The van der Waals surface area contributed by atoms with Crippen LogP contribution in [0.5, 0.6) is 17.2 Å². The highest BCUT2D eigenvalue weighted by atomic mass is 16.5. The van der Waals surface area contributed by atoms with Crippen molar-refractivity contribution < 1.29 is 19.0 Å². The Morgan fingerprint density at radius 3 is 2.23 bits per heavy atom. The number of carbonyl (C=O) groups is 1. The van der Waals surface area contributed by atoms with Gasteiger partial charge in [-0.25, -0.2) is 4.98 Å². The number of benzene rings is 1. The molecule has 0 spiro atoms. The van der Waals surface area contributed by atoms with Gasteiger partial charge in [-0.15, -0.1) is 0 Å². The quantitative estimate of drug-likeness (QED) is 0.454. The van der Waals surface area contributed by atoms with Gasteiger partial charge in [-0.2, -0.15) is 4.98 Å². The van der Waals surface area contributed by atoms with Crippen LogP contribution in [0.2, 0.25) is 0 Å². The van der Waals surface area contributed by atoms with Gasteiger partial charge < -0.3 is 19.9 Å². The van der Waals surface area contributed by atoms with Crippen molar-refractivity contribution in [2.45, 2.75) is 58.3 Å². The van der Waals surface area contributed by atoms with E-state index in [4.69, 9.17) is 19.9 Å². The lowest BCUT2D eigenvalue weighted by atomic mass is 10.1. The van der Waals surface area contributed by atoms with Crippen LogP contribution in [0, 0.1) is 0 Å². The molecule has 31 heavy (non-hydrogen) atoms. The fourth-order valence-electron chi connectivity index (χ4n) is 3.33. The number of rotatable bonds is 13. The van der Waals surface area contributed by atoms with Gasteiger partial charge in [0.1, 0.15) is 5.82 Å². The van der Waals surface area contributed by atoms with Crippen LogP contribution in [0.1, 0.15) is 63.0 Å². The van der Waals surface area contributed by atoms with Crippen molar-refractivity contribution in [1.82, 2.24) is 9.97 Å². The molecule has 0 aliphatic heterocycles. The molecule has 3 N–H and O–H groups in total. The Morgan fingerprint density at radius 1 is 1.00 bits per heavy atom. The molecule has 1 heterocycles. The number of anilines is 2. The van der Waals surface area contributed by atoms with Crippen LogP contribution in [-0.4, -0.2) is 37.2 Å². The minimum atomic E-state index is -0.0905. The fourth-order valence-corrected chi connectivity index (χ4v) is 3.33. The Kier molecular flexibility index (Phi) is 9.87. The van der Waals surface area contributed by atoms with E-state index in [0.29, 0.717) is 35.9 Å². The lowest BCUT2D eigenvalue weighted by molar-refractivity contribution is -0.116. The molecule has 1 aromatic heterocycles. The largest absolute Gasteiger partial charge is 0.493 e.